The van der Waals surface area contributed by atoms with Gasteiger partial charge in [-0.15, -0.1) is 0 Å². The Morgan fingerprint density at radius 3 is 2.85 bits per heavy atom. The molecule has 0 bridgehead atoms. The molecule has 2 N–H and O–H groups in total. The van der Waals surface area contributed by atoms with Crippen LogP contribution in [0.3, 0.4) is 0 Å². The lowest BCUT2D eigenvalue weighted by Crippen LogP contribution is -2.54. The maximum Gasteiger partial charge on any atom is 0.260 e. The van der Waals surface area contributed by atoms with E-state index < -0.39 is 5.82 Å². The molecule has 110 valence electrons. The van der Waals surface area contributed by atoms with Crippen LogP contribution >= 0.6 is 0 Å². The van der Waals surface area contributed by atoms with Crippen molar-refractivity contribution in [2.75, 3.05) is 19.7 Å². The molecule has 20 heavy (non-hydrogen) atoms. The summed E-state index contributed by atoms with van der Waals surface area (Å²) >= 11 is 0. The number of piperidine rings is 1. The lowest BCUT2D eigenvalue weighted by Gasteiger charge is -2.42. The van der Waals surface area contributed by atoms with Crippen LogP contribution in [0, 0.1) is 11.2 Å². The maximum absolute atomic E-state index is 13.4. The van der Waals surface area contributed by atoms with Gasteiger partial charge in [-0.25, -0.2) is 4.39 Å². The van der Waals surface area contributed by atoms with Crippen molar-refractivity contribution in [1.29, 1.82) is 0 Å². The Hall–Kier alpha value is -1.62. The fourth-order valence-corrected chi connectivity index (χ4v) is 2.38. The van der Waals surface area contributed by atoms with Crippen molar-refractivity contribution in [2.24, 2.45) is 11.1 Å². The third kappa shape index (κ3) is 3.28. The lowest BCUT2D eigenvalue weighted by molar-refractivity contribution is -0.136. The highest BCUT2D eigenvalue weighted by molar-refractivity contribution is 5.78. The zero-order valence-electron chi connectivity index (χ0n) is 11.9. The van der Waals surface area contributed by atoms with Gasteiger partial charge in [0.05, 0.1) is 0 Å². The van der Waals surface area contributed by atoms with Gasteiger partial charge in [0.1, 0.15) is 0 Å². The molecule has 1 atom stereocenters. The molecule has 0 aromatic heterocycles. The van der Waals surface area contributed by atoms with Crippen LogP contribution in [0.25, 0.3) is 0 Å². The summed E-state index contributed by atoms with van der Waals surface area (Å²) in [6.07, 6.45) is 0.776. The van der Waals surface area contributed by atoms with E-state index >= 15 is 0 Å². The van der Waals surface area contributed by atoms with E-state index in [1.54, 1.807) is 17.0 Å². The van der Waals surface area contributed by atoms with Gasteiger partial charge in [0.25, 0.3) is 5.91 Å². The molecule has 0 radical (unpaired) electrons. The van der Waals surface area contributed by atoms with E-state index in [-0.39, 0.29) is 29.7 Å². The van der Waals surface area contributed by atoms with Crippen molar-refractivity contribution in [3.8, 4) is 5.75 Å². The van der Waals surface area contributed by atoms with Gasteiger partial charge in [-0.05, 0) is 24.0 Å². The second-order valence-electron chi connectivity index (χ2n) is 5.92. The first-order chi connectivity index (χ1) is 9.40. The number of halogens is 1. The molecular formula is C15H21FN2O2. The third-order valence-corrected chi connectivity index (χ3v) is 3.85. The molecule has 1 heterocycles. The highest BCUT2D eigenvalue weighted by Crippen LogP contribution is 2.27. The monoisotopic (exact) mass is 280 g/mol. The van der Waals surface area contributed by atoms with Crippen molar-refractivity contribution in [2.45, 2.75) is 26.3 Å². The van der Waals surface area contributed by atoms with Crippen LogP contribution in [0.2, 0.25) is 0 Å². The van der Waals surface area contributed by atoms with E-state index in [2.05, 4.69) is 13.8 Å². The molecule has 1 amide bonds. The maximum atomic E-state index is 13.4. The van der Waals surface area contributed by atoms with Gasteiger partial charge in [0.15, 0.2) is 18.2 Å². The first-order valence-corrected chi connectivity index (χ1v) is 6.81. The highest BCUT2D eigenvalue weighted by atomic mass is 19.1. The number of benzene rings is 1. The zero-order chi connectivity index (χ0) is 14.8. The number of nitrogens with two attached hydrogens (primary N) is 1. The van der Waals surface area contributed by atoms with Gasteiger partial charge in [0.2, 0.25) is 0 Å². The van der Waals surface area contributed by atoms with E-state index in [1.807, 2.05) is 0 Å². The fourth-order valence-electron chi connectivity index (χ4n) is 2.38. The lowest BCUT2D eigenvalue weighted by atomic mass is 9.80. The number of hydrogen-bond donors (Lipinski definition) is 1. The largest absolute Gasteiger partial charge is 0.481 e. The van der Waals surface area contributed by atoms with Gasteiger partial charge in [-0.3, -0.25) is 4.79 Å². The first-order valence-electron chi connectivity index (χ1n) is 6.81. The van der Waals surface area contributed by atoms with Crippen molar-refractivity contribution < 1.29 is 13.9 Å². The van der Waals surface area contributed by atoms with Gasteiger partial charge < -0.3 is 15.4 Å². The molecule has 5 heteroatoms. The Bertz CT molecular complexity index is 491. The predicted molar refractivity (Wildman–Crippen MR) is 74.8 cm³/mol. The van der Waals surface area contributed by atoms with E-state index in [0.29, 0.717) is 13.1 Å². The summed E-state index contributed by atoms with van der Waals surface area (Å²) in [5.74, 6) is -0.483. The minimum absolute atomic E-state index is 0.0963. The highest BCUT2D eigenvalue weighted by Gasteiger charge is 2.35. The minimum atomic E-state index is -0.457. The Labute approximate surface area is 118 Å². The molecule has 1 aromatic carbocycles. The standard InChI is InChI=1S/C15H21FN2O2/c1-15(2)10-18(8-7-13(15)17)14(19)9-20-12-6-4-3-5-11(12)16/h3-6,13H,7-10,17H2,1-2H3. The van der Waals surface area contributed by atoms with Crippen LogP contribution in [0.4, 0.5) is 4.39 Å². The molecule has 1 fully saturated rings. The number of nitrogens with zero attached hydrogens (tertiary/aromatic N) is 1. The summed E-state index contributed by atoms with van der Waals surface area (Å²) in [5, 5.41) is 0. The average Bonchev–Trinajstić information content (AvgIpc) is 2.40. The first kappa shape index (κ1) is 14.8. The van der Waals surface area contributed by atoms with Gasteiger partial charge >= 0.3 is 0 Å². The van der Waals surface area contributed by atoms with Gasteiger partial charge in [0, 0.05) is 19.1 Å². The number of hydrogen-bond acceptors (Lipinski definition) is 3. The molecular weight excluding hydrogens is 259 g/mol. The number of carbonyl (C=O) groups is 1. The Kier molecular flexibility index (Phi) is 4.28. The van der Waals surface area contributed by atoms with Crippen molar-refractivity contribution >= 4 is 5.91 Å². The van der Waals surface area contributed by atoms with E-state index in [1.165, 1.54) is 12.1 Å². The summed E-state index contributed by atoms with van der Waals surface area (Å²) < 4.78 is 18.6. The SMILES string of the molecule is CC1(C)CN(C(=O)COc2ccccc2F)CCC1N. The molecule has 1 unspecified atom stereocenters. The average molecular weight is 280 g/mol. The fraction of sp³-hybridized carbons (Fsp3) is 0.533. The molecule has 0 aliphatic carbocycles. The molecule has 2 rings (SSSR count). The number of amides is 1. The molecule has 4 nitrogen and oxygen atoms in total. The topological polar surface area (TPSA) is 55.6 Å². The second-order valence-corrected chi connectivity index (χ2v) is 5.92. The van der Waals surface area contributed by atoms with Crippen LogP contribution in [0.1, 0.15) is 20.3 Å². The Morgan fingerprint density at radius 1 is 1.50 bits per heavy atom. The molecule has 1 saturated heterocycles. The normalized spacial score (nSPS) is 21.6. The predicted octanol–water partition coefficient (Wildman–Crippen LogP) is 1.79. The molecule has 1 aromatic rings. The van der Waals surface area contributed by atoms with Crippen molar-refractivity contribution in [1.82, 2.24) is 4.90 Å². The van der Waals surface area contributed by atoms with Gasteiger partial charge in [-0.1, -0.05) is 26.0 Å². The van der Waals surface area contributed by atoms with E-state index in [9.17, 15) is 9.18 Å². The summed E-state index contributed by atoms with van der Waals surface area (Å²) in [6, 6.07) is 6.17. The summed E-state index contributed by atoms with van der Waals surface area (Å²) in [7, 11) is 0. The third-order valence-electron chi connectivity index (χ3n) is 3.85. The number of likely N-dealkylation sites (tertiary alicyclic amines) is 1. The Balaban J connectivity index is 1.91. The Morgan fingerprint density at radius 2 is 2.20 bits per heavy atom. The zero-order valence-corrected chi connectivity index (χ0v) is 11.9. The molecule has 1 aliphatic rings. The van der Waals surface area contributed by atoms with Crippen LogP contribution in [-0.4, -0.2) is 36.5 Å². The van der Waals surface area contributed by atoms with Crippen molar-refractivity contribution in [3.63, 3.8) is 0 Å². The van der Waals surface area contributed by atoms with Gasteiger partial charge in [-0.2, -0.15) is 0 Å². The van der Waals surface area contributed by atoms with E-state index in [4.69, 9.17) is 10.5 Å². The summed E-state index contributed by atoms with van der Waals surface area (Å²) in [6.45, 7) is 5.19. The van der Waals surface area contributed by atoms with E-state index in [0.717, 1.165) is 6.42 Å². The smallest absolute Gasteiger partial charge is 0.260 e. The quantitative estimate of drug-likeness (QED) is 0.918. The molecule has 1 aliphatic heterocycles. The summed E-state index contributed by atoms with van der Waals surface area (Å²) in [5.41, 5.74) is 5.94. The van der Waals surface area contributed by atoms with Crippen LogP contribution in [0.5, 0.6) is 5.75 Å². The van der Waals surface area contributed by atoms with Crippen LogP contribution < -0.4 is 10.5 Å². The molecule has 0 saturated carbocycles. The second kappa shape index (κ2) is 5.79. The van der Waals surface area contributed by atoms with Crippen LogP contribution in [-0.2, 0) is 4.79 Å². The van der Waals surface area contributed by atoms with Crippen molar-refractivity contribution in [3.05, 3.63) is 30.1 Å². The number of carbonyl (C=O) groups excluding carboxylic acids is 1. The number of para-hydroxylation sites is 1. The van der Waals surface area contributed by atoms with Crippen LogP contribution in [0.15, 0.2) is 24.3 Å². The number of ether oxygens (including phenoxy) is 1. The number of rotatable bonds is 3. The minimum Gasteiger partial charge on any atom is -0.481 e. The molecule has 0 spiro atoms. The summed E-state index contributed by atoms with van der Waals surface area (Å²) in [4.78, 5) is 13.9.